The van der Waals surface area contributed by atoms with E-state index in [0.717, 1.165) is 19.5 Å². The van der Waals surface area contributed by atoms with Gasteiger partial charge in [-0.3, -0.25) is 0 Å². The first kappa shape index (κ1) is 14.4. The quantitative estimate of drug-likeness (QED) is 0.858. The van der Waals surface area contributed by atoms with Crippen LogP contribution in [0.4, 0.5) is 5.69 Å². The lowest BCUT2D eigenvalue weighted by atomic mass is 9.96. The Kier molecular flexibility index (Phi) is 4.16. The Hall–Kier alpha value is -1.06. The Morgan fingerprint density at radius 2 is 2.05 bits per heavy atom. The van der Waals surface area contributed by atoms with Gasteiger partial charge in [0.05, 0.1) is 6.61 Å². The minimum absolute atomic E-state index is 0.110. The van der Waals surface area contributed by atoms with Crippen LogP contribution in [0.3, 0.4) is 0 Å². The molecule has 1 fully saturated rings. The third-order valence-electron chi connectivity index (χ3n) is 4.33. The monoisotopic (exact) mass is 262 g/mol. The van der Waals surface area contributed by atoms with Crippen LogP contribution in [0.1, 0.15) is 31.4 Å². The van der Waals surface area contributed by atoms with Crippen LogP contribution in [0.2, 0.25) is 0 Å². The molecule has 1 aliphatic heterocycles. The van der Waals surface area contributed by atoms with Crippen LogP contribution in [0.25, 0.3) is 0 Å². The second-order valence-corrected chi connectivity index (χ2v) is 6.28. The molecule has 1 aromatic rings. The number of rotatable bonds is 2. The number of nitrogens with zero attached hydrogens (tertiary/aromatic N) is 1. The van der Waals surface area contributed by atoms with Gasteiger partial charge >= 0.3 is 0 Å². The number of aryl methyl sites for hydroxylation is 2. The molecule has 1 heterocycles. The van der Waals surface area contributed by atoms with E-state index in [4.69, 9.17) is 0 Å². The number of hydrogen-bond donors (Lipinski definition) is 2. The Labute approximate surface area is 116 Å². The molecular formula is C16H26N2O. The molecule has 19 heavy (non-hydrogen) atoms. The molecule has 1 aromatic carbocycles. The van der Waals surface area contributed by atoms with Crippen molar-refractivity contribution < 1.29 is 5.11 Å². The first-order valence-corrected chi connectivity index (χ1v) is 7.13. The Bertz CT molecular complexity index is 442. The lowest BCUT2D eigenvalue weighted by Gasteiger charge is -2.40. The van der Waals surface area contributed by atoms with Crippen molar-refractivity contribution >= 4 is 5.69 Å². The van der Waals surface area contributed by atoms with Crippen LogP contribution >= 0.6 is 0 Å². The maximum Gasteiger partial charge on any atom is 0.0601 e. The maximum absolute atomic E-state index is 9.46. The topological polar surface area (TPSA) is 35.5 Å². The molecule has 0 spiro atoms. The molecule has 0 saturated carbocycles. The highest BCUT2D eigenvalue weighted by atomic mass is 16.3. The van der Waals surface area contributed by atoms with Crippen molar-refractivity contribution in [2.45, 2.75) is 45.7 Å². The highest BCUT2D eigenvalue weighted by Gasteiger charge is 2.31. The van der Waals surface area contributed by atoms with Crippen molar-refractivity contribution in [3.05, 3.63) is 29.3 Å². The Morgan fingerprint density at radius 3 is 2.68 bits per heavy atom. The molecule has 2 rings (SSSR count). The van der Waals surface area contributed by atoms with Gasteiger partial charge < -0.3 is 15.3 Å². The summed E-state index contributed by atoms with van der Waals surface area (Å²) in [5.74, 6) is 0. The van der Waals surface area contributed by atoms with Crippen molar-refractivity contribution in [2.75, 3.05) is 24.6 Å². The summed E-state index contributed by atoms with van der Waals surface area (Å²) in [6.45, 7) is 10.9. The van der Waals surface area contributed by atoms with Crippen LogP contribution in [-0.2, 0) is 0 Å². The lowest BCUT2D eigenvalue weighted by molar-refractivity contribution is 0.248. The average Bonchev–Trinajstić information content (AvgIpc) is 2.51. The maximum atomic E-state index is 9.46. The highest BCUT2D eigenvalue weighted by Crippen LogP contribution is 2.29. The van der Waals surface area contributed by atoms with Gasteiger partial charge in [-0.2, -0.15) is 0 Å². The fourth-order valence-electron chi connectivity index (χ4n) is 2.72. The molecule has 1 saturated heterocycles. The van der Waals surface area contributed by atoms with Crippen molar-refractivity contribution in [2.24, 2.45) is 0 Å². The van der Waals surface area contributed by atoms with Gasteiger partial charge in [-0.1, -0.05) is 6.07 Å². The molecule has 1 aliphatic rings. The van der Waals surface area contributed by atoms with Gasteiger partial charge in [-0.25, -0.2) is 0 Å². The summed E-state index contributed by atoms with van der Waals surface area (Å²) in [7, 11) is 0. The first-order chi connectivity index (χ1) is 8.94. The molecular weight excluding hydrogens is 236 g/mol. The molecule has 1 atom stereocenters. The van der Waals surface area contributed by atoms with E-state index in [0.29, 0.717) is 0 Å². The SMILES string of the molecule is Cc1ccc(N2CC(CO)NCCC2(C)C)cc1C. The normalized spacial score (nSPS) is 23.2. The zero-order chi connectivity index (χ0) is 14.0. The van der Waals surface area contributed by atoms with Gasteiger partial charge in [-0.05, 0) is 63.9 Å². The number of anilines is 1. The predicted molar refractivity (Wildman–Crippen MR) is 80.8 cm³/mol. The summed E-state index contributed by atoms with van der Waals surface area (Å²) >= 11 is 0. The molecule has 2 N–H and O–H groups in total. The van der Waals surface area contributed by atoms with Crippen molar-refractivity contribution in [3.63, 3.8) is 0 Å². The number of nitrogens with one attached hydrogen (secondary N) is 1. The van der Waals surface area contributed by atoms with Gasteiger partial charge in [0, 0.05) is 23.8 Å². The molecule has 0 aliphatic carbocycles. The summed E-state index contributed by atoms with van der Waals surface area (Å²) in [5, 5.41) is 12.9. The smallest absolute Gasteiger partial charge is 0.0601 e. The van der Waals surface area contributed by atoms with E-state index < -0.39 is 0 Å². The second kappa shape index (κ2) is 5.51. The van der Waals surface area contributed by atoms with Crippen LogP contribution in [0.5, 0.6) is 0 Å². The van der Waals surface area contributed by atoms with E-state index in [1.807, 2.05) is 0 Å². The fraction of sp³-hybridized carbons (Fsp3) is 0.625. The molecule has 0 aromatic heterocycles. The van der Waals surface area contributed by atoms with Gasteiger partial charge in [0.1, 0.15) is 0 Å². The van der Waals surface area contributed by atoms with E-state index in [2.05, 4.69) is 56.1 Å². The zero-order valence-corrected chi connectivity index (χ0v) is 12.5. The van der Waals surface area contributed by atoms with E-state index >= 15 is 0 Å². The average molecular weight is 262 g/mol. The summed E-state index contributed by atoms with van der Waals surface area (Å²) in [5.41, 5.74) is 4.02. The van der Waals surface area contributed by atoms with Gasteiger partial charge in [0.15, 0.2) is 0 Å². The van der Waals surface area contributed by atoms with E-state index in [1.54, 1.807) is 0 Å². The molecule has 0 radical (unpaired) electrons. The predicted octanol–water partition coefficient (Wildman–Crippen LogP) is 2.24. The molecule has 3 nitrogen and oxygen atoms in total. The largest absolute Gasteiger partial charge is 0.395 e. The van der Waals surface area contributed by atoms with Crippen molar-refractivity contribution in [1.82, 2.24) is 5.32 Å². The van der Waals surface area contributed by atoms with E-state index in [9.17, 15) is 5.11 Å². The Morgan fingerprint density at radius 1 is 1.32 bits per heavy atom. The minimum atomic E-state index is 0.110. The van der Waals surface area contributed by atoms with E-state index in [1.165, 1.54) is 16.8 Å². The second-order valence-electron chi connectivity index (χ2n) is 6.28. The van der Waals surface area contributed by atoms with Crippen LogP contribution < -0.4 is 10.2 Å². The molecule has 0 bridgehead atoms. The van der Waals surface area contributed by atoms with Crippen LogP contribution in [-0.4, -0.2) is 36.4 Å². The first-order valence-electron chi connectivity index (χ1n) is 7.13. The van der Waals surface area contributed by atoms with Crippen LogP contribution in [0.15, 0.2) is 18.2 Å². The third kappa shape index (κ3) is 3.10. The summed E-state index contributed by atoms with van der Waals surface area (Å²) in [4.78, 5) is 2.43. The van der Waals surface area contributed by atoms with Crippen molar-refractivity contribution in [1.29, 1.82) is 0 Å². The standard InChI is InChI=1S/C16H26N2O/c1-12-5-6-15(9-13(12)2)18-10-14(11-19)17-8-7-16(18,3)4/h5-6,9,14,17,19H,7-8,10-11H2,1-4H3. The summed E-state index contributed by atoms with van der Waals surface area (Å²) in [6, 6.07) is 6.80. The van der Waals surface area contributed by atoms with Gasteiger partial charge in [-0.15, -0.1) is 0 Å². The minimum Gasteiger partial charge on any atom is -0.395 e. The number of aliphatic hydroxyl groups excluding tert-OH is 1. The highest BCUT2D eigenvalue weighted by molar-refractivity contribution is 5.53. The Balaban J connectivity index is 2.33. The van der Waals surface area contributed by atoms with E-state index in [-0.39, 0.29) is 18.2 Å². The lowest BCUT2D eigenvalue weighted by Crippen LogP contribution is -2.47. The van der Waals surface area contributed by atoms with Crippen LogP contribution in [0, 0.1) is 13.8 Å². The molecule has 0 amide bonds. The number of benzene rings is 1. The molecule has 3 heteroatoms. The summed E-state index contributed by atoms with van der Waals surface area (Å²) < 4.78 is 0. The van der Waals surface area contributed by atoms with Crippen molar-refractivity contribution in [3.8, 4) is 0 Å². The number of aliphatic hydroxyl groups is 1. The molecule has 1 unspecified atom stereocenters. The van der Waals surface area contributed by atoms with Gasteiger partial charge in [0.2, 0.25) is 0 Å². The fourth-order valence-corrected chi connectivity index (χ4v) is 2.72. The zero-order valence-electron chi connectivity index (χ0n) is 12.5. The number of hydrogen-bond acceptors (Lipinski definition) is 3. The van der Waals surface area contributed by atoms with Gasteiger partial charge in [0.25, 0.3) is 0 Å². The summed E-state index contributed by atoms with van der Waals surface area (Å²) in [6.07, 6.45) is 1.08. The third-order valence-corrected chi connectivity index (χ3v) is 4.33. The molecule has 106 valence electrons.